The van der Waals surface area contributed by atoms with Gasteiger partial charge in [-0.3, -0.25) is 9.59 Å². The fourth-order valence-corrected chi connectivity index (χ4v) is 2.25. The number of benzene rings is 1. The van der Waals surface area contributed by atoms with Gasteiger partial charge in [0, 0.05) is 19.0 Å². The minimum Gasteiger partial charge on any atom is -0.497 e. The number of methoxy groups -OCH3 is 2. The largest absolute Gasteiger partial charge is 0.497 e. The second-order valence-corrected chi connectivity index (χ2v) is 4.62. The van der Waals surface area contributed by atoms with Gasteiger partial charge < -0.3 is 14.4 Å². The predicted molar refractivity (Wildman–Crippen MR) is 70.9 cm³/mol. The Morgan fingerprint density at radius 1 is 1.37 bits per heavy atom. The van der Waals surface area contributed by atoms with Crippen molar-refractivity contribution in [1.82, 2.24) is 0 Å². The zero-order valence-electron chi connectivity index (χ0n) is 10.7. The third-order valence-electron chi connectivity index (χ3n) is 3.12. The highest BCUT2D eigenvalue weighted by Gasteiger charge is 2.35. The second-order valence-electron chi connectivity index (χ2n) is 4.25. The molecule has 1 aliphatic rings. The predicted octanol–water partition coefficient (Wildman–Crippen LogP) is 1.82. The molecule has 1 aromatic rings. The number of anilines is 1. The number of amides is 1. The first-order chi connectivity index (χ1) is 9.06. The number of carbonyl (C=O) groups is 2. The van der Waals surface area contributed by atoms with Gasteiger partial charge in [-0.05, 0) is 23.7 Å². The molecule has 1 saturated heterocycles. The van der Waals surface area contributed by atoms with Crippen LogP contribution in [0.25, 0.3) is 0 Å². The molecular weight excluding hydrogens is 270 g/mol. The molecule has 0 aliphatic carbocycles. The Morgan fingerprint density at radius 3 is 2.63 bits per heavy atom. The molecule has 0 aromatic heterocycles. The Bertz CT molecular complexity index is 517. The van der Waals surface area contributed by atoms with Crippen molar-refractivity contribution in [3.8, 4) is 11.5 Å². The normalized spacial score (nSPS) is 18.6. The van der Waals surface area contributed by atoms with Crippen LogP contribution in [-0.2, 0) is 9.59 Å². The highest BCUT2D eigenvalue weighted by Crippen LogP contribution is 2.36. The number of halogens is 1. The fraction of sp³-hybridized carbons (Fsp3) is 0.385. The average Bonchev–Trinajstić information content (AvgIpc) is 2.80. The molecule has 1 aliphatic heterocycles. The van der Waals surface area contributed by atoms with Gasteiger partial charge in [-0.25, -0.2) is 0 Å². The highest BCUT2D eigenvalue weighted by molar-refractivity contribution is 6.64. The SMILES string of the molecule is COc1ccc(OC)c(N2C[C@@H](C(=O)Cl)CC2=O)c1. The molecule has 5 nitrogen and oxygen atoms in total. The van der Waals surface area contributed by atoms with Crippen LogP contribution in [0.4, 0.5) is 5.69 Å². The van der Waals surface area contributed by atoms with Crippen LogP contribution in [-0.4, -0.2) is 31.9 Å². The van der Waals surface area contributed by atoms with E-state index >= 15 is 0 Å². The third kappa shape index (κ3) is 2.66. The average molecular weight is 284 g/mol. The van der Waals surface area contributed by atoms with Crippen LogP contribution in [0.5, 0.6) is 11.5 Å². The van der Waals surface area contributed by atoms with Crippen molar-refractivity contribution in [2.75, 3.05) is 25.7 Å². The van der Waals surface area contributed by atoms with Gasteiger partial charge in [0.15, 0.2) is 0 Å². The lowest BCUT2D eigenvalue weighted by atomic mass is 10.1. The Balaban J connectivity index is 2.35. The first kappa shape index (κ1) is 13.7. The molecule has 1 amide bonds. The lowest BCUT2D eigenvalue weighted by Crippen LogP contribution is -2.25. The van der Waals surface area contributed by atoms with E-state index in [1.54, 1.807) is 25.3 Å². The molecule has 1 atom stereocenters. The first-order valence-corrected chi connectivity index (χ1v) is 6.16. The summed E-state index contributed by atoms with van der Waals surface area (Å²) >= 11 is 5.46. The topological polar surface area (TPSA) is 55.8 Å². The zero-order chi connectivity index (χ0) is 14.0. The number of rotatable bonds is 4. The van der Waals surface area contributed by atoms with Crippen LogP contribution in [0.3, 0.4) is 0 Å². The van der Waals surface area contributed by atoms with E-state index in [1.807, 2.05) is 0 Å². The smallest absolute Gasteiger partial charge is 0.227 e. The van der Waals surface area contributed by atoms with Crippen LogP contribution in [0, 0.1) is 5.92 Å². The van der Waals surface area contributed by atoms with Crippen LogP contribution in [0.2, 0.25) is 0 Å². The zero-order valence-corrected chi connectivity index (χ0v) is 11.4. The minimum absolute atomic E-state index is 0.128. The number of hydrogen-bond donors (Lipinski definition) is 0. The van der Waals surface area contributed by atoms with Gasteiger partial charge in [-0.15, -0.1) is 0 Å². The molecule has 0 spiro atoms. The third-order valence-corrected chi connectivity index (χ3v) is 3.43. The second kappa shape index (κ2) is 5.48. The van der Waals surface area contributed by atoms with E-state index in [2.05, 4.69) is 0 Å². The van der Waals surface area contributed by atoms with Gasteiger partial charge in [-0.1, -0.05) is 0 Å². The molecule has 0 radical (unpaired) electrons. The number of carbonyl (C=O) groups excluding carboxylic acids is 2. The van der Waals surface area contributed by atoms with Gasteiger partial charge in [0.05, 0.1) is 25.8 Å². The van der Waals surface area contributed by atoms with Crippen LogP contribution >= 0.6 is 11.6 Å². The van der Waals surface area contributed by atoms with Crippen molar-refractivity contribution >= 4 is 28.4 Å². The Hall–Kier alpha value is -1.75. The van der Waals surface area contributed by atoms with E-state index in [0.717, 1.165) is 0 Å². The summed E-state index contributed by atoms with van der Waals surface area (Å²) in [5.41, 5.74) is 0.590. The molecule has 1 heterocycles. The Kier molecular flexibility index (Phi) is 3.95. The summed E-state index contributed by atoms with van der Waals surface area (Å²) in [6.07, 6.45) is 0.128. The van der Waals surface area contributed by atoms with Gasteiger partial charge in [0.2, 0.25) is 11.1 Å². The molecule has 2 rings (SSSR count). The molecule has 1 aromatic carbocycles. The summed E-state index contributed by atoms with van der Waals surface area (Å²) in [5.74, 6) is 0.552. The quantitative estimate of drug-likeness (QED) is 0.791. The van der Waals surface area contributed by atoms with Gasteiger partial charge >= 0.3 is 0 Å². The molecule has 0 unspecified atom stereocenters. The highest BCUT2D eigenvalue weighted by atomic mass is 35.5. The van der Waals surface area contributed by atoms with Crippen molar-refractivity contribution in [2.45, 2.75) is 6.42 Å². The van der Waals surface area contributed by atoms with Crippen LogP contribution < -0.4 is 14.4 Å². The first-order valence-electron chi connectivity index (χ1n) is 5.78. The van der Waals surface area contributed by atoms with Crippen molar-refractivity contribution in [1.29, 1.82) is 0 Å². The lowest BCUT2D eigenvalue weighted by Gasteiger charge is -2.20. The molecule has 6 heteroatoms. The molecule has 19 heavy (non-hydrogen) atoms. The maximum atomic E-state index is 12.0. The van der Waals surface area contributed by atoms with Crippen molar-refractivity contribution in [3.63, 3.8) is 0 Å². The maximum absolute atomic E-state index is 12.0. The summed E-state index contributed by atoms with van der Waals surface area (Å²) < 4.78 is 10.4. The van der Waals surface area contributed by atoms with Crippen molar-refractivity contribution < 1.29 is 19.1 Å². The fourth-order valence-electron chi connectivity index (χ4n) is 2.10. The van der Waals surface area contributed by atoms with E-state index < -0.39 is 11.2 Å². The van der Waals surface area contributed by atoms with Gasteiger partial charge in [0.25, 0.3) is 0 Å². The Morgan fingerprint density at radius 2 is 2.11 bits per heavy atom. The summed E-state index contributed by atoms with van der Waals surface area (Å²) in [5, 5.41) is -0.488. The maximum Gasteiger partial charge on any atom is 0.227 e. The van der Waals surface area contributed by atoms with Crippen LogP contribution in [0.1, 0.15) is 6.42 Å². The molecule has 0 N–H and O–H groups in total. The molecule has 102 valence electrons. The van der Waals surface area contributed by atoms with Crippen molar-refractivity contribution in [3.05, 3.63) is 18.2 Å². The molecular formula is C13H14ClNO4. The minimum atomic E-state index is -0.488. The van der Waals surface area contributed by atoms with E-state index in [4.69, 9.17) is 21.1 Å². The number of ether oxygens (including phenoxy) is 2. The van der Waals surface area contributed by atoms with E-state index in [0.29, 0.717) is 17.2 Å². The van der Waals surface area contributed by atoms with Gasteiger partial charge in [0.1, 0.15) is 11.5 Å². The van der Waals surface area contributed by atoms with Crippen molar-refractivity contribution in [2.24, 2.45) is 5.92 Å². The standard InChI is InChI=1S/C13H14ClNO4/c1-18-9-3-4-11(19-2)10(6-9)15-7-8(13(14)17)5-12(15)16/h3-4,6,8H,5,7H2,1-2H3/t8-/m0/s1. The van der Waals surface area contributed by atoms with E-state index in [9.17, 15) is 9.59 Å². The summed E-state index contributed by atoms with van der Waals surface area (Å²) in [6.45, 7) is 0.269. The molecule has 1 fully saturated rings. The monoisotopic (exact) mass is 283 g/mol. The summed E-state index contributed by atoms with van der Waals surface area (Å²) in [4.78, 5) is 24.7. The summed E-state index contributed by atoms with van der Waals surface area (Å²) in [6, 6.07) is 5.17. The van der Waals surface area contributed by atoms with Gasteiger partial charge in [-0.2, -0.15) is 0 Å². The number of hydrogen-bond acceptors (Lipinski definition) is 4. The summed E-state index contributed by atoms with van der Waals surface area (Å²) in [7, 11) is 3.07. The lowest BCUT2D eigenvalue weighted by molar-refractivity contribution is -0.120. The van der Waals surface area contributed by atoms with Crippen LogP contribution in [0.15, 0.2) is 18.2 Å². The van der Waals surface area contributed by atoms with E-state index in [1.165, 1.54) is 12.0 Å². The molecule has 0 bridgehead atoms. The van der Waals surface area contributed by atoms with E-state index in [-0.39, 0.29) is 18.9 Å². The Labute approximate surface area is 116 Å². The molecule has 0 saturated carbocycles. The number of nitrogens with zero attached hydrogens (tertiary/aromatic N) is 1.